The minimum atomic E-state index is -0.425. The van der Waals surface area contributed by atoms with E-state index < -0.39 is 4.92 Å². The number of nitrogens with one attached hydrogen (secondary N) is 1. The van der Waals surface area contributed by atoms with Crippen LogP contribution >= 0.6 is 38.5 Å². The third-order valence-corrected chi connectivity index (χ3v) is 3.88. The maximum Gasteiger partial charge on any atom is 0.282 e. The number of nitriles is 1. The summed E-state index contributed by atoms with van der Waals surface area (Å²) >= 11 is 5.26. The normalized spacial score (nSPS) is 9.85. The van der Waals surface area contributed by atoms with E-state index in [9.17, 15) is 10.1 Å². The molecule has 0 aliphatic heterocycles. The van der Waals surface area contributed by atoms with Crippen LogP contribution in [-0.4, -0.2) is 4.92 Å². The molecule has 0 aromatic heterocycles. The molecule has 7 heteroatoms. The summed E-state index contributed by atoms with van der Waals surface area (Å²) in [7, 11) is 0. The molecule has 20 heavy (non-hydrogen) atoms. The maximum absolute atomic E-state index is 10.8. The number of benzene rings is 2. The van der Waals surface area contributed by atoms with Gasteiger partial charge in [0.05, 0.1) is 19.7 Å². The summed E-state index contributed by atoms with van der Waals surface area (Å²) in [5.74, 6) is 0. The fraction of sp³-hybridized carbons (Fsp3) is 0. The fourth-order valence-electron chi connectivity index (χ4n) is 1.61. The van der Waals surface area contributed by atoms with Crippen LogP contribution in [0.15, 0.2) is 40.9 Å². The number of hydrogen-bond acceptors (Lipinski definition) is 4. The monoisotopic (exact) mass is 443 g/mol. The molecule has 0 spiro atoms. The zero-order valence-corrected chi connectivity index (χ0v) is 13.7. The van der Waals surface area contributed by atoms with Gasteiger partial charge in [0, 0.05) is 16.2 Å². The van der Waals surface area contributed by atoms with E-state index in [1.165, 1.54) is 6.07 Å². The van der Waals surface area contributed by atoms with Crippen molar-refractivity contribution >= 4 is 55.6 Å². The van der Waals surface area contributed by atoms with Crippen LogP contribution in [0.1, 0.15) is 5.56 Å². The van der Waals surface area contributed by atoms with Crippen molar-refractivity contribution in [3.05, 3.63) is 60.1 Å². The molecule has 2 rings (SSSR count). The predicted molar refractivity (Wildman–Crippen MR) is 88.0 cm³/mol. The van der Waals surface area contributed by atoms with Crippen LogP contribution in [0.2, 0.25) is 0 Å². The van der Waals surface area contributed by atoms with Crippen LogP contribution in [0, 0.1) is 25.0 Å². The van der Waals surface area contributed by atoms with Crippen molar-refractivity contribution in [1.82, 2.24) is 0 Å². The van der Waals surface area contributed by atoms with E-state index in [2.05, 4.69) is 27.3 Å². The van der Waals surface area contributed by atoms with Gasteiger partial charge in [-0.3, -0.25) is 10.1 Å². The van der Waals surface area contributed by atoms with Crippen LogP contribution in [-0.2, 0) is 0 Å². The SMILES string of the molecule is N#Cc1ccc(Br)cc1Nc1ccc([N+](=O)[O-])c(I)c1. The Hall–Kier alpha value is -1.66. The summed E-state index contributed by atoms with van der Waals surface area (Å²) in [6.45, 7) is 0. The van der Waals surface area contributed by atoms with Crippen molar-refractivity contribution in [2.24, 2.45) is 0 Å². The average Bonchev–Trinajstić information content (AvgIpc) is 2.38. The van der Waals surface area contributed by atoms with Gasteiger partial charge in [0.1, 0.15) is 6.07 Å². The van der Waals surface area contributed by atoms with Crippen molar-refractivity contribution in [2.75, 3.05) is 5.32 Å². The molecule has 0 saturated heterocycles. The summed E-state index contributed by atoms with van der Waals surface area (Å²) < 4.78 is 1.38. The van der Waals surface area contributed by atoms with Gasteiger partial charge in [-0.2, -0.15) is 5.26 Å². The highest BCUT2D eigenvalue weighted by molar-refractivity contribution is 14.1. The van der Waals surface area contributed by atoms with Gasteiger partial charge in [-0.1, -0.05) is 15.9 Å². The Morgan fingerprint density at radius 2 is 2.05 bits per heavy atom. The third-order valence-electron chi connectivity index (χ3n) is 2.53. The Labute approximate surface area is 137 Å². The molecule has 0 saturated carbocycles. The molecule has 0 aliphatic carbocycles. The molecular weight excluding hydrogens is 437 g/mol. The Kier molecular flexibility index (Phi) is 4.57. The van der Waals surface area contributed by atoms with Gasteiger partial charge in [0.15, 0.2) is 0 Å². The minimum absolute atomic E-state index is 0.0610. The molecule has 0 bridgehead atoms. The summed E-state index contributed by atoms with van der Waals surface area (Å²) in [5.41, 5.74) is 1.90. The van der Waals surface area contributed by atoms with Gasteiger partial charge in [-0.25, -0.2) is 0 Å². The predicted octanol–water partition coefficient (Wildman–Crippen LogP) is 4.58. The molecule has 2 aromatic rings. The molecule has 0 unspecified atom stereocenters. The summed E-state index contributed by atoms with van der Waals surface area (Å²) in [6.07, 6.45) is 0. The van der Waals surface area contributed by atoms with E-state index in [1.807, 2.05) is 22.6 Å². The van der Waals surface area contributed by atoms with E-state index in [1.54, 1.807) is 30.3 Å². The highest BCUT2D eigenvalue weighted by Crippen LogP contribution is 2.28. The van der Waals surface area contributed by atoms with E-state index in [4.69, 9.17) is 5.26 Å². The highest BCUT2D eigenvalue weighted by Gasteiger charge is 2.12. The van der Waals surface area contributed by atoms with Gasteiger partial charge in [0.2, 0.25) is 0 Å². The summed E-state index contributed by atoms with van der Waals surface area (Å²) in [5, 5.41) is 22.9. The summed E-state index contributed by atoms with van der Waals surface area (Å²) in [4.78, 5) is 10.3. The number of nitro benzene ring substituents is 1. The van der Waals surface area contributed by atoms with Crippen LogP contribution < -0.4 is 5.32 Å². The van der Waals surface area contributed by atoms with Crippen molar-refractivity contribution in [2.45, 2.75) is 0 Å². The van der Waals surface area contributed by atoms with E-state index in [0.717, 1.165) is 4.47 Å². The minimum Gasteiger partial charge on any atom is -0.354 e. The van der Waals surface area contributed by atoms with Gasteiger partial charge in [-0.05, 0) is 52.9 Å². The molecule has 0 radical (unpaired) electrons. The van der Waals surface area contributed by atoms with Crippen LogP contribution in [0.3, 0.4) is 0 Å². The lowest BCUT2D eigenvalue weighted by Crippen LogP contribution is -1.96. The third kappa shape index (κ3) is 3.26. The van der Waals surface area contributed by atoms with E-state index >= 15 is 0 Å². The van der Waals surface area contributed by atoms with Gasteiger partial charge >= 0.3 is 0 Å². The molecule has 0 fully saturated rings. The van der Waals surface area contributed by atoms with Gasteiger partial charge in [-0.15, -0.1) is 0 Å². The van der Waals surface area contributed by atoms with E-state index in [0.29, 0.717) is 20.5 Å². The molecule has 0 atom stereocenters. The van der Waals surface area contributed by atoms with Crippen molar-refractivity contribution in [3.63, 3.8) is 0 Å². The Balaban J connectivity index is 2.36. The van der Waals surface area contributed by atoms with Crippen LogP contribution in [0.4, 0.5) is 17.1 Å². The number of halogens is 2. The van der Waals surface area contributed by atoms with Gasteiger partial charge < -0.3 is 5.32 Å². The van der Waals surface area contributed by atoms with E-state index in [-0.39, 0.29) is 5.69 Å². The molecule has 0 aliphatic rings. The Morgan fingerprint density at radius 1 is 1.30 bits per heavy atom. The highest BCUT2D eigenvalue weighted by atomic mass is 127. The lowest BCUT2D eigenvalue weighted by molar-refractivity contribution is -0.385. The second kappa shape index (κ2) is 6.19. The van der Waals surface area contributed by atoms with Crippen molar-refractivity contribution in [1.29, 1.82) is 5.26 Å². The fourth-order valence-corrected chi connectivity index (χ4v) is 2.68. The van der Waals surface area contributed by atoms with Crippen molar-refractivity contribution < 1.29 is 4.92 Å². The smallest absolute Gasteiger partial charge is 0.282 e. The van der Waals surface area contributed by atoms with Gasteiger partial charge in [0.25, 0.3) is 5.69 Å². The summed E-state index contributed by atoms with van der Waals surface area (Å²) in [6, 6.07) is 12.1. The molecule has 2 aromatic carbocycles. The Morgan fingerprint density at radius 3 is 2.65 bits per heavy atom. The van der Waals surface area contributed by atoms with Crippen LogP contribution in [0.25, 0.3) is 0 Å². The number of rotatable bonds is 3. The molecule has 1 N–H and O–H groups in total. The Bertz CT molecular complexity index is 728. The van der Waals surface area contributed by atoms with Crippen molar-refractivity contribution in [3.8, 4) is 6.07 Å². The molecule has 0 amide bonds. The number of hydrogen-bond donors (Lipinski definition) is 1. The maximum atomic E-state index is 10.8. The quantitative estimate of drug-likeness (QED) is 0.428. The molecule has 5 nitrogen and oxygen atoms in total. The second-order valence-electron chi connectivity index (χ2n) is 3.85. The first kappa shape index (κ1) is 14.7. The standard InChI is InChI=1S/C13H7BrIN3O2/c14-9-2-1-8(7-16)12(5-9)17-10-3-4-13(18(19)20)11(15)6-10/h1-6,17H. The lowest BCUT2D eigenvalue weighted by atomic mass is 10.2. The average molecular weight is 444 g/mol. The zero-order valence-electron chi connectivity index (χ0n) is 9.93. The topological polar surface area (TPSA) is 79.0 Å². The molecular formula is C13H7BrIN3O2. The largest absolute Gasteiger partial charge is 0.354 e. The van der Waals surface area contributed by atoms with Crippen LogP contribution in [0.5, 0.6) is 0 Å². The number of anilines is 2. The number of nitrogens with zero attached hydrogens (tertiary/aromatic N) is 2. The first-order valence-electron chi connectivity index (χ1n) is 5.42. The number of nitro groups is 1. The first-order chi connectivity index (χ1) is 9.51. The second-order valence-corrected chi connectivity index (χ2v) is 5.93. The zero-order chi connectivity index (χ0) is 14.7. The molecule has 100 valence electrons. The molecule has 0 heterocycles. The lowest BCUT2D eigenvalue weighted by Gasteiger charge is -2.09. The first-order valence-corrected chi connectivity index (χ1v) is 7.29.